The van der Waals surface area contributed by atoms with Crippen LogP contribution in [0.15, 0.2) is 0 Å². The maximum absolute atomic E-state index is 5.31. The quantitative estimate of drug-likeness (QED) is 0.518. The van der Waals surface area contributed by atoms with Crippen molar-refractivity contribution in [2.75, 3.05) is 12.8 Å². The lowest BCUT2D eigenvalue weighted by Gasteiger charge is -1.96. The van der Waals surface area contributed by atoms with Crippen LogP contribution in [0.25, 0.3) is 0 Å². The molecule has 0 unspecified atom stereocenters. The summed E-state index contributed by atoms with van der Waals surface area (Å²) >= 11 is 0. The molecule has 1 heterocycles. The highest BCUT2D eigenvalue weighted by Crippen LogP contribution is 2.16. The van der Waals surface area contributed by atoms with E-state index in [9.17, 15) is 0 Å². The van der Waals surface area contributed by atoms with Gasteiger partial charge in [-0.05, 0) is 25.9 Å². The molecular formula is C6H11OP. The minimum Gasteiger partial charge on any atom is -0.346 e. The summed E-state index contributed by atoms with van der Waals surface area (Å²) in [5.74, 6) is 0. The summed E-state index contributed by atoms with van der Waals surface area (Å²) < 4.78 is 5.31. The van der Waals surface area contributed by atoms with Crippen LogP contribution in [-0.2, 0) is 4.74 Å². The van der Waals surface area contributed by atoms with Crippen molar-refractivity contribution in [3.8, 4) is 0 Å². The molecule has 0 saturated carbocycles. The Morgan fingerprint density at radius 1 is 1.75 bits per heavy atom. The summed E-state index contributed by atoms with van der Waals surface area (Å²) in [4.78, 5) is 0. The molecule has 1 rings (SSSR count). The van der Waals surface area contributed by atoms with E-state index >= 15 is 0 Å². The zero-order chi connectivity index (χ0) is 5.82. The maximum Gasteiger partial charge on any atom is 0.0745 e. The third-order valence-corrected chi connectivity index (χ3v) is 2.39. The lowest BCUT2D eigenvalue weighted by Crippen LogP contribution is -1.96. The van der Waals surface area contributed by atoms with Crippen LogP contribution in [0.3, 0.4) is 0 Å². The Morgan fingerprint density at radius 3 is 3.12 bits per heavy atom. The fraction of sp³-hybridized carbons (Fsp3) is 0.833. The van der Waals surface area contributed by atoms with Gasteiger partial charge in [0.25, 0.3) is 0 Å². The molecule has 0 amide bonds. The molecule has 1 aliphatic heterocycles. The van der Waals surface area contributed by atoms with Crippen molar-refractivity contribution in [1.82, 2.24) is 0 Å². The summed E-state index contributed by atoms with van der Waals surface area (Å²) in [5.41, 5.74) is 1.30. The summed E-state index contributed by atoms with van der Waals surface area (Å²) in [6.45, 7) is 2.89. The van der Waals surface area contributed by atoms with Crippen molar-refractivity contribution >= 4 is 13.7 Å². The van der Waals surface area contributed by atoms with Gasteiger partial charge in [0.2, 0.25) is 0 Å². The van der Waals surface area contributed by atoms with Gasteiger partial charge in [0, 0.05) is 0 Å². The van der Waals surface area contributed by atoms with Crippen LogP contribution in [0.1, 0.15) is 19.8 Å². The van der Waals surface area contributed by atoms with Crippen molar-refractivity contribution in [3.05, 3.63) is 0 Å². The highest BCUT2D eigenvalue weighted by molar-refractivity contribution is 7.40. The third-order valence-electron chi connectivity index (χ3n) is 1.15. The van der Waals surface area contributed by atoms with Crippen LogP contribution in [0.5, 0.6) is 0 Å². The van der Waals surface area contributed by atoms with E-state index in [1.807, 2.05) is 6.92 Å². The standard InChI is InChI=1S/C6H11OP/c1-2-7-6-4-3-5-8-6/h2-5H2,1H3. The summed E-state index contributed by atoms with van der Waals surface area (Å²) in [7, 11) is 1.43. The summed E-state index contributed by atoms with van der Waals surface area (Å²) in [6.07, 6.45) is 3.85. The highest BCUT2D eigenvalue weighted by atomic mass is 31.1. The highest BCUT2D eigenvalue weighted by Gasteiger charge is 2.02. The molecule has 0 radical (unpaired) electrons. The molecule has 0 bridgehead atoms. The number of ether oxygens (including phenoxy) is 1. The van der Waals surface area contributed by atoms with Gasteiger partial charge in [0.15, 0.2) is 0 Å². The van der Waals surface area contributed by atoms with E-state index in [2.05, 4.69) is 0 Å². The topological polar surface area (TPSA) is 9.23 Å². The molecule has 8 heavy (non-hydrogen) atoms. The Bertz CT molecular complexity index is 98.7. The first kappa shape index (κ1) is 6.25. The monoisotopic (exact) mass is 130 g/mol. The Labute approximate surface area is 51.8 Å². The Kier molecular flexibility index (Phi) is 2.51. The zero-order valence-electron chi connectivity index (χ0n) is 5.18. The molecule has 0 aromatic rings. The second kappa shape index (κ2) is 3.21. The van der Waals surface area contributed by atoms with E-state index in [1.165, 1.54) is 32.7 Å². The lowest BCUT2D eigenvalue weighted by atomic mass is 10.4. The van der Waals surface area contributed by atoms with Crippen molar-refractivity contribution in [1.29, 1.82) is 0 Å². The largest absolute Gasteiger partial charge is 0.346 e. The predicted octanol–water partition coefficient (Wildman–Crippen LogP) is 1.89. The second-order valence-corrected chi connectivity index (χ2v) is 3.07. The van der Waals surface area contributed by atoms with Gasteiger partial charge in [0.05, 0.1) is 12.1 Å². The van der Waals surface area contributed by atoms with E-state index in [-0.39, 0.29) is 0 Å². The van der Waals surface area contributed by atoms with E-state index in [0.29, 0.717) is 0 Å². The van der Waals surface area contributed by atoms with Gasteiger partial charge in [-0.3, -0.25) is 0 Å². The Morgan fingerprint density at radius 2 is 2.62 bits per heavy atom. The molecule has 0 spiro atoms. The molecule has 1 nitrogen and oxygen atoms in total. The van der Waals surface area contributed by atoms with Gasteiger partial charge in [-0.15, -0.1) is 0 Å². The smallest absolute Gasteiger partial charge is 0.0745 e. The molecule has 0 aliphatic carbocycles. The minimum atomic E-state index is 0.850. The van der Waals surface area contributed by atoms with Crippen LogP contribution in [0, 0.1) is 0 Å². The Balaban J connectivity index is 2.23. The third kappa shape index (κ3) is 1.57. The molecule has 0 aromatic carbocycles. The Hall–Kier alpha value is 0.130. The molecule has 0 saturated heterocycles. The zero-order valence-corrected chi connectivity index (χ0v) is 6.08. The first-order valence-electron chi connectivity index (χ1n) is 3.09. The van der Waals surface area contributed by atoms with Gasteiger partial charge in [-0.1, -0.05) is 8.20 Å². The molecule has 0 N–H and O–H groups in total. The molecule has 1 aliphatic rings. The van der Waals surface area contributed by atoms with Crippen LogP contribution in [0.4, 0.5) is 0 Å². The average molecular weight is 130 g/mol. The molecule has 2 heteroatoms. The van der Waals surface area contributed by atoms with Crippen LogP contribution >= 0.6 is 8.20 Å². The first-order valence-corrected chi connectivity index (χ1v) is 4.17. The summed E-state index contributed by atoms with van der Waals surface area (Å²) in [5, 5.41) is 0. The van der Waals surface area contributed by atoms with Crippen molar-refractivity contribution in [3.63, 3.8) is 0 Å². The van der Waals surface area contributed by atoms with Crippen LogP contribution < -0.4 is 0 Å². The van der Waals surface area contributed by atoms with Crippen LogP contribution in [0.2, 0.25) is 0 Å². The molecule has 0 atom stereocenters. The van der Waals surface area contributed by atoms with Crippen molar-refractivity contribution in [2.24, 2.45) is 0 Å². The lowest BCUT2D eigenvalue weighted by molar-refractivity contribution is 0.327. The van der Waals surface area contributed by atoms with Crippen molar-refractivity contribution < 1.29 is 4.74 Å². The normalized spacial score (nSPS) is 20.9. The molecular weight excluding hydrogens is 119 g/mol. The SMILES string of the molecule is CCOC1=PCCC1. The number of rotatable bonds is 2. The van der Waals surface area contributed by atoms with Gasteiger partial charge >= 0.3 is 0 Å². The van der Waals surface area contributed by atoms with Gasteiger partial charge in [0.1, 0.15) is 0 Å². The van der Waals surface area contributed by atoms with E-state index < -0.39 is 0 Å². The molecule has 0 fully saturated rings. The first-order chi connectivity index (χ1) is 3.93. The number of hydrogen-bond acceptors (Lipinski definition) is 1. The fourth-order valence-corrected chi connectivity index (χ4v) is 1.90. The van der Waals surface area contributed by atoms with E-state index in [0.717, 1.165) is 6.61 Å². The van der Waals surface area contributed by atoms with E-state index in [1.54, 1.807) is 0 Å². The summed E-state index contributed by atoms with van der Waals surface area (Å²) in [6, 6.07) is 0. The predicted molar refractivity (Wildman–Crippen MR) is 37.7 cm³/mol. The molecule has 0 aromatic heterocycles. The van der Waals surface area contributed by atoms with Gasteiger partial charge < -0.3 is 4.74 Å². The van der Waals surface area contributed by atoms with E-state index in [4.69, 9.17) is 4.74 Å². The molecule has 46 valence electrons. The minimum absolute atomic E-state index is 0.850. The van der Waals surface area contributed by atoms with Gasteiger partial charge in [-0.25, -0.2) is 0 Å². The van der Waals surface area contributed by atoms with Crippen molar-refractivity contribution in [2.45, 2.75) is 19.8 Å². The van der Waals surface area contributed by atoms with Crippen LogP contribution in [-0.4, -0.2) is 18.2 Å². The maximum atomic E-state index is 5.31. The average Bonchev–Trinajstić information content (AvgIpc) is 2.19. The second-order valence-electron chi connectivity index (χ2n) is 1.81. The fourth-order valence-electron chi connectivity index (χ4n) is 0.798. The number of hydrogen-bond donors (Lipinski definition) is 0. The van der Waals surface area contributed by atoms with Gasteiger partial charge in [-0.2, -0.15) is 0 Å².